The zero-order valence-electron chi connectivity index (χ0n) is 15.4. The summed E-state index contributed by atoms with van der Waals surface area (Å²) in [5.41, 5.74) is 0. The van der Waals surface area contributed by atoms with Crippen molar-refractivity contribution in [3.8, 4) is 11.5 Å². The van der Waals surface area contributed by atoms with E-state index in [2.05, 4.69) is 0 Å². The number of benzene rings is 2. The van der Waals surface area contributed by atoms with Crippen molar-refractivity contribution in [3.63, 3.8) is 0 Å². The Hall–Kier alpha value is -1.10. The topological polar surface area (TPSA) is 40.5 Å². The quantitative estimate of drug-likeness (QED) is 0.251. The third-order valence-electron chi connectivity index (χ3n) is 2.96. The number of phenols is 2. The first-order valence-corrected chi connectivity index (χ1v) is 11.4. The molecule has 4 aromatic carbocycles. The molecule has 0 saturated carbocycles. The fourth-order valence-corrected chi connectivity index (χ4v) is 2.73. The molecule has 0 saturated heterocycles. The van der Waals surface area contributed by atoms with Crippen molar-refractivity contribution in [1.82, 2.24) is 0 Å². The molecule has 0 fully saturated rings. The maximum Gasteiger partial charge on any atom is 2.00 e. The van der Waals surface area contributed by atoms with Crippen molar-refractivity contribution in [1.29, 1.82) is 0 Å². The van der Waals surface area contributed by atoms with Gasteiger partial charge in [0, 0.05) is 9.79 Å². The van der Waals surface area contributed by atoms with Gasteiger partial charge in [-0.25, -0.2) is 24.3 Å². The molecule has 0 heterocycles. The predicted octanol–water partition coefficient (Wildman–Crippen LogP) is 8.08. The van der Waals surface area contributed by atoms with Crippen LogP contribution in [-0.2, 0) is 26.2 Å². The van der Waals surface area contributed by atoms with Crippen LogP contribution in [0.4, 0.5) is 0 Å². The van der Waals surface area contributed by atoms with Crippen LogP contribution in [-0.4, -0.2) is 10.2 Å². The number of rotatable bonds is 2. The summed E-state index contributed by atoms with van der Waals surface area (Å²) in [7, 11) is 13.1. The molecule has 0 aromatic heterocycles. The summed E-state index contributed by atoms with van der Waals surface area (Å²) >= 11 is 0. The molecule has 0 spiro atoms. The van der Waals surface area contributed by atoms with Gasteiger partial charge in [0.2, 0.25) is 0 Å². The molecule has 0 aliphatic rings. The van der Waals surface area contributed by atoms with Crippen molar-refractivity contribution >= 4 is 43.3 Å². The van der Waals surface area contributed by atoms with Gasteiger partial charge in [0.15, 0.2) is 0 Å². The minimum atomic E-state index is 0. The Morgan fingerprint density at radius 1 is 0.552 bits per heavy atom. The van der Waals surface area contributed by atoms with E-state index < -0.39 is 0 Å². The van der Waals surface area contributed by atoms with Crippen LogP contribution in [0.25, 0.3) is 0 Å². The second-order valence-electron chi connectivity index (χ2n) is 5.07. The van der Waals surface area contributed by atoms with Gasteiger partial charge in [-0.15, -0.1) is 0 Å². The second-order valence-corrected chi connectivity index (χ2v) is 7.24. The Bertz CT molecular complexity index is 701. The number of hydrogen-bond donors (Lipinski definition) is 2. The third kappa shape index (κ3) is 15.4. The van der Waals surface area contributed by atoms with Crippen LogP contribution in [0.5, 0.6) is 11.5 Å². The van der Waals surface area contributed by atoms with Crippen LogP contribution in [0.15, 0.2) is 119 Å². The first-order valence-electron chi connectivity index (χ1n) is 8.14. The average molecular weight is 543 g/mol. The van der Waals surface area contributed by atoms with Crippen molar-refractivity contribution in [2.75, 3.05) is 0 Å². The Labute approximate surface area is 208 Å². The zero-order valence-corrected chi connectivity index (χ0v) is 21.0. The molecule has 0 bridgehead atoms. The fourth-order valence-electron chi connectivity index (χ4n) is 1.64. The number of aromatic hydroxyl groups is 2. The zero-order chi connectivity index (χ0) is 20.5. The molecule has 0 unspecified atom stereocenters. The van der Waals surface area contributed by atoms with E-state index in [1.165, 1.54) is 0 Å². The van der Waals surface area contributed by atoms with Crippen molar-refractivity contribution in [3.05, 3.63) is 109 Å². The summed E-state index contributed by atoms with van der Waals surface area (Å²) in [5, 5.41) is 17.6. The van der Waals surface area contributed by atoms with E-state index in [1.54, 1.807) is 48.5 Å². The van der Waals surface area contributed by atoms with E-state index >= 15 is 0 Å². The van der Waals surface area contributed by atoms with E-state index in [0.29, 0.717) is 0 Å². The molecule has 0 aliphatic carbocycles. The van der Waals surface area contributed by atoms with Crippen molar-refractivity contribution < 1.29 is 36.4 Å². The fraction of sp³-hybridized carbons (Fsp3) is 0. The van der Waals surface area contributed by atoms with E-state index in [4.69, 9.17) is 31.6 Å². The molecule has 150 valence electrons. The summed E-state index contributed by atoms with van der Waals surface area (Å²) in [6.07, 6.45) is 0. The number of halogens is 2. The summed E-state index contributed by atoms with van der Waals surface area (Å²) in [5.74, 6) is 0.536. The van der Waals surface area contributed by atoms with E-state index in [1.807, 2.05) is 60.7 Å². The number of hydrogen-bond acceptors (Lipinski definition) is 4. The normalized spacial score (nSPS) is 8.62. The largest absolute Gasteiger partial charge is 2.00 e. The minimum absolute atomic E-state index is 0. The van der Waals surface area contributed by atoms with Gasteiger partial charge in [-0.1, -0.05) is 0 Å². The molecular formula is C22H20Cl2O2S2Zr. The minimum Gasteiger partial charge on any atom is -0.508 e. The Morgan fingerprint density at radius 3 is 1.00 bits per heavy atom. The van der Waals surface area contributed by atoms with Crippen molar-refractivity contribution in [2.45, 2.75) is 9.79 Å². The molecular weight excluding hydrogens is 523 g/mol. The standard InChI is InChI=1S/2C6H5ClOS.2C5H5.Zr/c2*7-9-6-3-1-5(8)2-4-6;2*1-2-4-5-3-1;/h2*1-4,8H;2*1-5H;/q;;2*-1;+2. The van der Waals surface area contributed by atoms with E-state index in [-0.39, 0.29) is 37.7 Å². The summed E-state index contributed by atoms with van der Waals surface area (Å²) in [6.45, 7) is 0. The predicted molar refractivity (Wildman–Crippen MR) is 124 cm³/mol. The van der Waals surface area contributed by atoms with Gasteiger partial charge in [-0.3, -0.25) is 0 Å². The molecule has 2 N–H and O–H groups in total. The maximum atomic E-state index is 8.80. The molecule has 0 radical (unpaired) electrons. The monoisotopic (exact) mass is 540 g/mol. The second kappa shape index (κ2) is 18.9. The summed E-state index contributed by atoms with van der Waals surface area (Å²) in [6, 6.07) is 33.4. The molecule has 0 atom stereocenters. The van der Waals surface area contributed by atoms with Gasteiger partial charge in [-0.2, -0.15) is 36.4 Å². The molecule has 0 aliphatic heterocycles. The first kappa shape index (κ1) is 27.9. The van der Waals surface area contributed by atoms with Gasteiger partial charge in [0.05, 0.1) is 0 Å². The van der Waals surface area contributed by atoms with Gasteiger partial charge < -0.3 is 10.2 Å². The smallest absolute Gasteiger partial charge is 0.508 e. The Balaban J connectivity index is 0.000000369. The molecule has 4 rings (SSSR count). The average Bonchev–Trinajstić information content (AvgIpc) is 3.48. The van der Waals surface area contributed by atoms with Crippen LogP contribution >= 0.6 is 43.3 Å². The molecule has 4 aromatic rings. The van der Waals surface area contributed by atoms with Gasteiger partial charge in [-0.05, 0) is 91.8 Å². The SMILES string of the molecule is Oc1ccc(SCl)cc1.Oc1ccc(SCl)cc1.[Zr+2].c1cc[cH-]c1.c1cc[cH-]c1. The summed E-state index contributed by atoms with van der Waals surface area (Å²) < 4.78 is 0. The molecule has 29 heavy (non-hydrogen) atoms. The van der Waals surface area contributed by atoms with Crippen LogP contribution < -0.4 is 0 Å². The van der Waals surface area contributed by atoms with Gasteiger partial charge in [0.1, 0.15) is 11.5 Å². The van der Waals surface area contributed by atoms with Crippen molar-refractivity contribution in [2.24, 2.45) is 0 Å². The third-order valence-corrected chi connectivity index (χ3v) is 4.93. The molecule has 7 heteroatoms. The van der Waals surface area contributed by atoms with Crippen LogP contribution in [0.2, 0.25) is 0 Å². The first-order chi connectivity index (χ1) is 13.7. The van der Waals surface area contributed by atoms with Crippen LogP contribution in [0.1, 0.15) is 0 Å². The van der Waals surface area contributed by atoms with Gasteiger partial charge in [0.25, 0.3) is 0 Å². The summed E-state index contributed by atoms with van der Waals surface area (Å²) in [4.78, 5) is 1.88. The van der Waals surface area contributed by atoms with Crippen LogP contribution in [0.3, 0.4) is 0 Å². The van der Waals surface area contributed by atoms with E-state index in [0.717, 1.165) is 31.7 Å². The molecule has 0 amide bonds. The van der Waals surface area contributed by atoms with Crippen LogP contribution in [0, 0.1) is 0 Å². The molecule has 2 nitrogen and oxygen atoms in total. The number of phenolic OH excluding ortho intramolecular Hbond substituents is 2. The van der Waals surface area contributed by atoms with Gasteiger partial charge >= 0.3 is 26.2 Å². The Morgan fingerprint density at radius 2 is 0.828 bits per heavy atom. The maximum absolute atomic E-state index is 8.80. The van der Waals surface area contributed by atoms with E-state index in [9.17, 15) is 0 Å². The Kier molecular flexibility index (Phi) is 18.2.